The van der Waals surface area contributed by atoms with Crippen LogP contribution in [0.15, 0.2) is 35.4 Å². The van der Waals surface area contributed by atoms with Gasteiger partial charge in [0.2, 0.25) is 0 Å². The molecule has 0 amide bonds. The van der Waals surface area contributed by atoms with E-state index in [1.54, 1.807) is 13.8 Å². The molecule has 3 aliphatic heterocycles. The molecule has 0 unspecified atom stereocenters. The molecule has 0 radical (unpaired) electrons. The molecule has 5 N–H and O–H groups in total. The maximum atomic E-state index is 14.5. The summed E-state index contributed by atoms with van der Waals surface area (Å²) < 4.78 is 30.5. The quantitative estimate of drug-likeness (QED) is 0.301. The van der Waals surface area contributed by atoms with Crippen LogP contribution >= 0.6 is 0 Å². The van der Waals surface area contributed by atoms with E-state index in [-0.39, 0.29) is 53.7 Å². The Bertz CT molecular complexity index is 1650. The van der Waals surface area contributed by atoms with Crippen molar-refractivity contribution in [3.63, 3.8) is 0 Å². The number of carbonyl (C=O) groups is 3. The Balaban J connectivity index is 1.20. The number of allylic oxidation sites excluding steroid dienone is 2. The van der Waals surface area contributed by atoms with Crippen molar-refractivity contribution in [3.8, 4) is 5.75 Å². The molecule has 13 heteroatoms. The highest BCUT2D eigenvalue weighted by Gasteiger charge is 2.69. The van der Waals surface area contributed by atoms with Gasteiger partial charge in [-0.15, -0.1) is 0 Å². The van der Waals surface area contributed by atoms with Crippen LogP contribution in [0.2, 0.25) is 0 Å². The van der Waals surface area contributed by atoms with Gasteiger partial charge in [0, 0.05) is 42.4 Å². The monoisotopic (exact) mass is 698 g/mol. The average Bonchev–Trinajstić information content (AvgIpc) is 3.04. The first-order valence-electron chi connectivity index (χ1n) is 17.6. The lowest BCUT2D eigenvalue weighted by Gasteiger charge is -2.55. The number of phenolic OH excluding ortho intramolecular Hbond substituents is 1. The van der Waals surface area contributed by atoms with Gasteiger partial charge in [-0.3, -0.25) is 14.4 Å². The fourth-order valence-corrected chi connectivity index (χ4v) is 8.59. The van der Waals surface area contributed by atoms with Gasteiger partial charge >= 0.3 is 0 Å². The Morgan fingerprint density at radius 3 is 2.14 bits per heavy atom. The third-order valence-corrected chi connectivity index (χ3v) is 11.3. The van der Waals surface area contributed by atoms with Gasteiger partial charge in [-0.05, 0) is 65.5 Å². The van der Waals surface area contributed by atoms with Crippen LogP contribution in [0.1, 0.15) is 111 Å². The van der Waals surface area contributed by atoms with Gasteiger partial charge in [-0.2, -0.15) is 0 Å². The lowest BCUT2D eigenvalue weighted by Crippen LogP contribution is -2.71. The molecular weight excluding hydrogens is 652 g/mol. The molecule has 12 atom stereocenters. The molecule has 0 aromatic heterocycles. The topological polar surface area (TPSA) is 199 Å². The number of aliphatic hydroxyl groups is 4. The molecule has 3 heterocycles. The molecule has 1 aromatic carbocycles. The highest BCUT2D eigenvalue weighted by atomic mass is 16.7. The lowest BCUT2D eigenvalue weighted by atomic mass is 9.57. The minimum absolute atomic E-state index is 0.143. The number of benzene rings is 1. The van der Waals surface area contributed by atoms with E-state index in [1.807, 2.05) is 6.92 Å². The minimum Gasteiger partial charge on any atom is -0.507 e. The molecule has 6 aliphatic rings. The fourth-order valence-electron chi connectivity index (χ4n) is 8.59. The standard InChI is InChI=1S/C37H46O13/c1-17-23(38)7-11-28(47-17)49-25-9-10-26(46-19(25)3)20-5-6-21-30(32(20)41)33(42)22-13-14-36(45)16-35(4,44)15-27(40)37(36,31(22)34(21)43)50-29-12-8-24(39)18(2)48-29/h5-6,13-14,17-19,23-26,28-29,38-39,41,44-45H,7-12,15-16H2,1-4H3/t17-,18-,19-,23-,24-,25-,26+,28-,29-,35-,36-,37-/m0/s1. The third-order valence-electron chi connectivity index (χ3n) is 11.3. The summed E-state index contributed by atoms with van der Waals surface area (Å²) in [5.41, 5.74) is -6.94. The van der Waals surface area contributed by atoms with Gasteiger partial charge in [0.05, 0.1) is 59.5 Å². The van der Waals surface area contributed by atoms with Crippen molar-refractivity contribution in [2.45, 2.75) is 151 Å². The number of hydrogen-bond donors (Lipinski definition) is 5. The van der Waals surface area contributed by atoms with E-state index < -0.39 is 89.4 Å². The first-order valence-corrected chi connectivity index (χ1v) is 17.6. The van der Waals surface area contributed by atoms with Crippen molar-refractivity contribution in [2.75, 3.05) is 0 Å². The summed E-state index contributed by atoms with van der Waals surface area (Å²) >= 11 is 0. The third kappa shape index (κ3) is 5.71. The van der Waals surface area contributed by atoms with Gasteiger partial charge in [-0.25, -0.2) is 0 Å². The SMILES string of the molecule is C[C@@H]1O[C@@H](c2ccc3c(c2O)C(=O)C2=C(C3=O)[C@@]3(O[C@H]4CC[C@H](O)[C@H](C)O4)C(=O)C[C@](C)(O)C[C@@]3(O)C=C2)CC[C@@H]1O[C@H]1CC[C@H](O)[C@H](C)O1. The van der Waals surface area contributed by atoms with Gasteiger partial charge in [0.25, 0.3) is 0 Å². The summed E-state index contributed by atoms with van der Waals surface area (Å²) in [6.07, 6.45) is -1.10. The Hall–Kier alpha value is -2.85. The zero-order valence-corrected chi connectivity index (χ0v) is 28.7. The second kappa shape index (κ2) is 12.7. The van der Waals surface area contributed by atoms with E-state index in [1.165, 1.54) is 31.2 Å². The van der Waals surface area contributed by atoms with E-state index in [4.69, 9.17) is 23.7 Å². The lowest BCUT2D eigenvalue weighted by molar-refractivity contribution is -0.282. The first-order chi connectivity index (χ1) is 23.5. The molecular formula is C37H46O13. The first kappa shape index (κ1) is 35.5. The maximum absolute atomic E-state index is 14.5. The molecule has 1 saturated carbocycles. The molecule has 0 spiro atoms. The number of aliphatic hydroxyl groups excluding tert-OH is 2. The number of ether oxygens (including phenoxy) is 5. The number of rotatable bonds is 5. The largest absolute Gasteiger partial charge is 0.507 e. The van der Waals surface area contributed by atoms with Crippen LogP contribution in [0.5, 0.6) is 5.75 Å². The zero-order valence-electron chi connectivity index (χ0n) is 28.7. The van der Waals surface area contributed by atoms with E-state index in [2.05, 4.69) is 0 Å². The minimum atomic E-state index is -2.40. The van der Waals surface area contributed by atoms with Crippen molar-refractivity contribution >= 4 is 17.3 Å². The normalized spacial score (nSPS) is 43.4. The summed E-state index contributed by atoms with van der Waals surface area (Å²) in [6, 6.07) is 2.94. The van der Waals surface area contributed by atoms with Crippen molar-refractivity contribution in [3.05, 3.63) is 52.1 Å². The van der Waals surface area contributed by atoms with Crippen LogP contribution in [0.4, 0.5) is 0 Å². The van der Waals surface area contributed by atoms with Crippen LogP contribution in [0.25, 0.3) is 0 Å². The fraction of sp³-hybridized carbons (Fsp3) is 0.649. The molecule has 13 nitrogen and oxygen atoms in total. The number of hydrogen-bond acceptors (Lipinski definition) is 13. The number of ketones is 3. The number of carbonyl (C=O) groups excluding carboxylic acids is 3. The van der Waals surface area contributed by atoms with Crippen molar-refractivity contribution in [1.29, 1.82) is 0 Å². The van der Waals surface area contributed by atoms with Crippen LogP contribution < -0.4 is 0 Å². The molecule has 0 bridgehead atoms. The molecule has 1 aromatic rings. The molecule has 4 fully saturated rings. The number of fused-ring (bicyclic) bond motifs is 3. The van der Waals surface area contributed by atoms with Gasteiger partial charge in [0.15, 0.2) is 35.5 Å². The average molecular weight is 699 g/mol. The summed E-state index contributed by atoms with van der Waals surface area (Å²) in [7, 11) is 0. The Labute approximate surface area is 289 Å². The smallest absolute Gasteiger partial charge is 0.198 e. The van der Waals surface area contributed by atoms with Crippen LogP contribution in [0.3, 0.4) is 0 Å². The number of Topliss-reactive ketones (excluding diaryl/α,β-unsaturated/α-hetero) is 3. The number of aromatic hydroxyl groups is 1. The van der Waals surface area contributed by atoms with Crippen LogP contribution in [-0.4, -0.2) is 109 Å². The zero-order chi connectivity index (χ0) is 35.9. The van der Waals surface area contributed by atoms with Gasteiger partial charge in [-0.1, -0.05) is 12.1 Å². The molecule has 50 heavy (non-hydrogen) atoms. The van der Waals surface area contributed by atoms with E-state index >= 15 is 0 Å². The molecule has 3 aliphatic carbocycles. The van der Waals surface area contributed by atoms with E-state index in [0.717, 1.165) is 0 Å². The summed E-state index contributed by atoms with van der Waals surface area (Å²) in [5, 5.41) is 54.9. The van der Waals surface area contributed by atoms with Crippen molar-refractivity contribution < 1.29 is 63.6 Å². The van der Waals surface area contributed by atoms with Gasteiger partial charge in [0.1, 0.15) is 11.4 Å². The van der Waals surface area contributed by atoms with E-state index in [9.17, 15) is 39.9 Å². The van der Waals surface area contributed by atoms with Crippen LogP contribution in [-0.2, 0) is 28.5 Å². The highest BCUT2D eigenvalue weighted by molar-refractivity contribution is 6.32. The molecule has 3 saturated heterocycles. The predicted molar refractivity (Wildman–Crippen MR) is 173 cm³/mol. The van der Waals surface area contributed by atoms with E-state index in [0.29, 0.717) is 31.2 Å². The second-order valence-corrected chi connectivity index (χ2v) is 15.1. The summed E-state index contributed by atoms with van der Waals surface area (Å²) in [5.74, 6) is -2.73. The predicted octanol–water partition coefficient (Wildman–Crippen LogP) is 2.64. The molecule has 7 rings (SSSR count). The molecule has 272 valence electrons. The maximum Gasteiger partial charge on any atom is 0.198 e. The van der Waals surface area contributed by atoms with Gasteiger partial charge < -0.3 is 49.2 Å². The summed E-state index contributed by atoms with van der Waals surface area (Å²) in [4.78, 5) is 43.0. The van der Waals surface area contributed by atoms with Crippen molar-refractivity contribution in [2.24, 2.45) is 0 Å². The Morgan fingerprint density at radius 2 is 1.48 bits per heavy atom. The number of phenols is 1. The van der Waals surface area contributed by atoms with Crippen molar-refractivity contribution in [1.82, 2.24) is 0 Å². The second-order valence-electron chi connectivity index (χ2n) is 15.1. The Morgan fingerprint density at radius 1 is 0.820 bits per heavy atom. The summed E-state index contributed by atoms with van der Waals surface area (Å²) in [6.45, 7) is 6.69. The van der Waals surface area contributed by atoms with Crippen LogP contribution in [0, 0.1) is 0 Å². The Kier molecular flexibility index (Phi) is 9.01. The highest BCUT2D eigenvalue weighted by Crippen LogP contribution is 2.54.